The molecule has 1 amide bonds. The Morgan fingerprint density at radius 3 is 3.00 bits per heavy atom. The lowest BCUT2D eigenvalue weighted by Gasteiger charge is -1.98. The predicted octanol–water partition coefficient (Wildman–Crippen LogP) is 3.34. The number of nitrogens with zero attached hydrogens (tertiary/aromatic N) is 3. The fourth-order valence-electron chi connectivity index (χ4n) is 2.46. The van der Waals surface area contributed by atoms with Gasteiger partial charge in [0.25, 0.3) is 5.91 Å². The third-order valence-electron chi connectivity index (χ3n) is 3.92. The minimum atomic E-state index is -0.429. The van der Waals surface area contributed by atoms with Crippen LogP contribution in [0.5, 0.6) is 0 Å². The van der Waals surface area contributed by atoms with Crippen molar-refractivity contribution >= 4 is 11.6 Å². The summed E-state index contributed by atoms with van der Waals surface area (Å²) in [5.41, 5.74) is 0.945. The van der Waals surface area contributed by atoms with E-state index in [9.17, 15) is 9.18 Å². The number of hydrogen-bond donors (Lipinski definition) is 1. The van der Waals surface area contributed by atoms with Gasteiger partial charge in [-0.2, -0.15) is 5.10 Å². The molecule has 4 rings (SSSR count). The van der Waals surface area contributed by atoms with Gasteiger partial charge in [-0.05, 0) is 30.9 Å². The van der Waals surface area contributed by atoms with Crippen LogP contribution in [0.2, 0.25) is 0 Å². The van der Waals surface area contributed by atoms with Gasteiger partial charge in [-0.1, -0.05) is 17.3 Å². The Labute approximate surface area is 137 Å². The summed E-state index contributed by atoms with van der Waals surface area (Å²) in [6, 6.07) is 7.59. The van der Waals surface area contributed by atoms with Crippen LogP contribution in [0.4, 0.5) is 10.1 Å². The molecule has 7 heteroatoms. The molecular formula is C17H15FN4O2. The molecule has 24 heavy (non-hydrogen) atoms. The van der Waals surface area contributed by atoms with Gasteiger partial charge in [0.1, 0.15) is 5.82 Å². The molecular weight excluding hydrogens is 311 g/mol. The number of anilines is 1. The molecule has 1 aromatic carbocycles. The van der Waals surface area contributed by atoms with Crippen LogP contribution in [-0.4, -0.2) is 20.8 Å². The van der Waals surface area contributed by atoms with Crippen molar-refractivity contribution in [2.75, 3.05) is 5.32 Å². The second-order valence-electron chi connectivity index (χ2n) is 5.90. The lowest BCUT2D eigenvalue weighted by atomic mass is 10.1. The zero-order valence-electron chi connectivity index (χ0n) is 12.8. The predicted molar refractivity (Wildman–Crippen MR) is 84.8 cm³/mol. The number of halogens is 1. The van der Waals surface area contributed by atoms with Crippen LogP contribution < -0.4 is 5.32 Å². The van der Waals surface area contributed by atoms with E-state index in [1.807, 2.05) is 4.68 Å². The number of amides is 1. The average Bonchev–Trinajstić information content (AvgIpc) is 3.07. The highest BCUT2D eigenvalue weighted by Crippen LogP contribution is 2.30. The molecule has 0 bridgehead atoms. The highest BCUT2D eigenvalue weighted by molar-refractivity contribution is 6.03. The maximum atomic E-state index is 13.7. The van der Waals surface area contributed by atoms with E-state index in [0.29, 0.717) is 11.6 Å². The van der Waals surface area contributed by atoms with Crippen LogP contribution in [0.1, 0.15) is 23.3 Å². The van der Waals surface area contributed by atoms with Gasteiger partial charge in [0, 0.05) is 18.8 Å². The van der Waals surface area contributed by atoms with Crippen LogP contribution >= 0.6 is 0 Å². The third-order valence-corrected chi connectivity index (χ3v) is 3.92. The molecule has 1 fully saturated rings. The molecule has 0 spiro atoms. The molecule has 0 saturated heterocycles. The van der Waals surface area contributed by atoms with E-state index in [1.54, 1.807) is 30.6 Å². The first-order valence-corrected chi connectivity index (χ1v) is 7.74. The van der Waals surface area contributed by atoms with Gasteiger partial charge in [0.2, 0.25) is 0 Å². The van der Waals surface area contributed by atoms with Gasteiger partial charge in [0.05, 0.1) is 17.4 Å². The van der Waals surface area contributed by atoms with Crippen molar-refractivity contribution in [3.05, 3.63) is 54.2 Å². The lowest BCUT2D eigenvalue weighted by molar-refractivity contribution is 0.101. The molecule has 1 aliphatic carbocycles. The summed E-state index contributed by atoms with van der Waals surface area (Å²) in [6.45, 7) is 0.872. The number of aromatic nitrogens is 3. The largest absolute Gasteiger partial charge is 0.355 e. The molecule has 122 valence electrons. The molecule has 3 aromatic rings. The minimum absolute atomic E-state index is 0.0863. The fraction of sp³-hybridized carbons (Fsp3) is 0.235. The number of rotatable bonds is 5. The average molecular weight is 326 g/mol. The number of carbonyl (C=O) groups is 1. The van der Waals surface area contributed by atoms with E-state index < -0.39 is 11.7 Å². The van der Waals surface area contributed by atoms with Gasteiger partial charge >= 0.3 is 0 Å². The Morgan fingerprint density at radius 1 is 1.38 bits per heavy atom. The zero-order chi connectivity index (χ0) is 16.5. The smallest absolute Gasteiger partial charge is 0.277 e. The first-order valence-electron chi connectivity index (χ1n) is 7.74. The molecule has 0 unspecified atom stereocenters. The highest BCUT2D eigenvalue weighted by Gasteiger charge is 2.22. The van der Waals surface area contributed by atoms with Crippen LogP contribution in [0.25, 0.3) is 11.3 Å². The lowest BCUT2D eigenvalue weighted by Crippen LogP contribution is -2.11. The Kier molecular flexibility index (Phi) is 3.60. The quantitative estimate of drug-likeness (QED) is 0.780. The topological polar surface area (TPSA) is 73.0 Å². The molecule has 0 atom stereocenters. The maximum Gasteiger partial charge on any atom is 0.277 e. The van der Waals surface area contributed by atoms with E-state index in [1.165, 1.54) is 25.0 Å². The fourth-order valence-corrected chi connectivity index (χ4v) is 2.46. The highest BCUT2D eigenvalue weighted by atomic mass is 19.1. The normalized spacial score (nSPS) is 13.9. The van der Waals surface area contributed by atoms with Crippen molar-refractivity contribution in [1.29, 1.82) is 0 Å². The maximum absolute atomic E-state index is 13.7. The van der Waals surface area contributed by atoms with E-state index in [-0.39, 0.29) is 17.0 Å². The van der Waals surface area contributed by atoms with Crippen LogP contribution in [0.15, 0.2) is 47.2 Å². The Morgan fingerprint density at radius 2 is 2.21 bits per heavy atom. The number of nitrogens with one attached hydrogen (secondary N) is 1. The van der Waals surface area contributed by atoms with Crippen molar-refractivity contribution in [2.45, 2.75) is 19.4 Å². The number of carbonyl (C=O) groups excluding carboxylic acids is 1. The number of hydrogen-bond acceptors (Lipinski definition) is 4. The molecule has 2 aromatic heterocycles. The molecule has 1 N–H and O–H groups in total. The first kappa shape index (κ1) is 14.6. The minimum Gasteiger partial charge on any atom is -0.355 e. The summed E-state index contributed by atoms with van der Waals surface area (Å²) >= 11 is 0. The van der Waals surface area contributed by atoms with Crippen molar-refractivity contribution in [3.8, 4) is 11.3 Å². The standard InChI is InChI=1S/C17H15FN4O2/c18-14-4-2-1-3-13(14)16-7-15(21-24-16)17(23)20-12-8-19-22(10-12)9-11-5-6-11/h1-4,7-8,10-11H,5-6,9H2,(H,20,23). The summed E-state index contributed by atoms with van der Waals surface area (Å²) in [5, 5.41) is 10.6. The van der Waals surface area contributed by atoms with Gasteiger partial charge < -0.3 is 9.84 Å². The molecule has 6 nitrogen and oxygen atoms in total. The summed E-state index contributed by atoms with van der Waals surface area (Å²) in [7, 11) is 0. The van der Waals surface area contributed by atoms with Crippen molar-refractivity contribution in [2.24, 2.45) is 5.92 Å². The Bertz CT molecular complexity index is 882. The monoisotopic (exact) mass is 326 g/mol. The van der Waals surface area contributed by atoms with E-state index >= 15 is 0 Å². The molecule has 1 saturated carbocycles. The van der Waals surface area contributed by atoms with E-state index in [4.69, 9.17) is 4.52 Å². The van der Waals surface area contributed by atoms with Crippen LogP contribution in [0.3, 0.4) is 0 Å². The van der Waals surface area contributed by atoms with Crippen molar-refractivity contribution in [3.63, 3.8) is 0 Å². The van der Waals surface area contributed by atoms with Gasteiger partial charge in [-0.15, -0.1) is 0 Å². The van der Waals surface area contributed by atoms with Gasteiger partial charge in [-0.25, -0.2) is 4.39 Å². The van der Waals surface area contributed by atoms with E-state index in [0.717, 1.165) is 6.54 Å². The van der Waals surface area contributed by atoms with Crippen molar-refractivity contribution in [1.82, 2.24) is 14.9 Å². The third kappa shape index (κ3) is 3.05. The van der Waals surface area contributed by atoms with Crippen LogP contribution in [0, 0.1) is 11.7 Å². The van der Waals surface area contributed by atoms with E-state index in [2.05, 4.69) is 15.6 Å². The second kappa shape index (κ2) is 5.92. The van der Waals surface area contributed by atoms with Crippen molar-refractivity contribution < 1.29 is 13.7 Å². The Hall–Kier alpha value is -2.96. The van der Waals surface area contributed by atoms with Gasteiger partial charge in [-0.3, -0.25) is 9.48 Å². The Balaban J connectivity index is 1.46. The summed E-state index contributed by atoms with van der Waals surface area (Å²) in [6.07, 6.45) is 5.85. The molecule has 0 aliphatic heterocycles. The van der Waals surface area contributed by atoms with Gasteiger partial charge in [0.15, 0.2) is 11.5 Å². The summed E-state index contributed by atoms with van der Waals surface area (Å²) in [4.78, 5) is 12.2. The summed E-state index contributed by atoms with van der Waals surface area (Å²) in [5.74, 6) is 0.0595. The molecule has 2 heterocycles. The van der Waals surface area contributed by atoms with Crippen LogP contribution in [-0.2, 0) is 6.54 Å². The number of benzene rings is 1. The molecule has 0 radical (unpaired) electrons. The second-order valence-corrected chi connectivity index (χ2v) is 5.90. The summed E-state index contributed by atoms with van der Waals surface area (Å²) < 4.78 is 20.7. The zero-order valence-corrected chi connectivity index (χ0v) is 12.8. The molecule has 1 aliphatic rings. The first-order chi connectivity index (χ1) is 11.7. The SMILES string of the molecule is O=C(Nc1cnn(CC2CC2)c1)c1cc(-c2ccccc2F)on1.